The van der Waals surface area contributed by atoms with Gasteiger partial charge in [0.05, 0.1) is 0 Å². The predicted octanol–water partition coefficient (Wildman–Crippen LogP) is 3.07. The summed E-state index contributed by atoms with van der Waals surface area (Å²) in [6.07, 6.45) is 2.38. The van der Waals surface area contributed by atoms with Gasteiger partial charge in [-0.05, 0) is 24.3 Å². The third kappa shape index (κ3) is 3.92. The summed E-state index contributed by atoms with van der Waals surface area (Å²) in [6, 6.07) is 5.57. The molecule has 13 heavy (non-hydrogen) atoms. The molecule has 0 bridgehead atoms. The summed E-state index contributed by atoms with van der Waals surface area (Å²) in [6.45, 7) is 6.65. The van der Waals surface area contributed by atoms with E-state index in [1.807, 2.05) is 11.3 Å². The van der Waals surface area contributed by atoms with Gasteiger partial charge in [0.25, 0.3) is 0 Å². The van der Waals surface area contributed by atoms with Crippen molar-refractivity contribution in [2.24, 2.45) is 0 Å². The number of hydrogen-bond acceptors (Lipinski definition) is 2. The third-order valence-electron chi connectivity index (χ3n) is 2.09. The highest BCUT2D eigenvalue weighted by Crippen LogP contribution is 2.12. The molecule has 1 rings (SSSR count). The van der Waals surface area contributed by atoms with E-state index < -0.39 is 0 Å². The molecule has 1 nitrogen and oxygen atoms in total. The van der Waals surface area contributed by atoms with E-state index in [4.69, 9.17) is 0 Å². The molecule has 0 fully saturated rings. The van der Waals surface area contributed by atoms with Crippen LogP contribution in [0.4, 0.5) is 0 Å². The summed E-state index contributed by atoms with van der Waals surface area (Å²) in [5, 5.41) is 5.72. The fourth-order valence-corrected chi connectivity index (χ4v) is 2.25. The van der Waals surface area contributed by atoms with Crippen molar-refractivity contribution in [2.75, 3.05) is 0 Å². The summed E-state index contributed by atoms with van der Waals surface area (Å²) in [4.78, 5) is 1.49. The predicted molar refractivity (Wildman–Crippen MR) is 60.4 cm³/mol. The summed E-state index contributed by atoms with van der Waals surface area (Å²) >= 11 is 1.85. The Kier molecular flexibility index (Phi) is 4.46. The van der Waals surface area contributed by atoms with Gasteiger partial charge in [-0.1, -0.05) is 26.8 Å². The minimum atomic E-state index is 0.588. The van der Waals surface area contributed by atoms with Gasteiger partial charge < -0.3 is 5.32 Å². The minimum Gasteiger partial charge on any atom is -0.311 e. The Morgan fingerprint density at radius 3 is 2.69 bits per heavy atom. The first kappa shape index (κ1) is 10.7. The minimum absolute atomic E-state index is 0.588. The highest BCUT2D eigenvalue weighted by atomic mass is 32.1. The van der Waals surface area contributed by atoms with Crippen LogP contribution in [0.3, 0.4) is 0 Å². The quantitative estimate of drug-likeness (QED) is 0.765. The number of nitrogens with one attached hydrogen (secondary N) is 1. The molecular formula is C11H19NS. The van der Waals surface area contributed by atoms with Crippen molar-refractivity contribution >= 4 is 11.3 Å². The van der Waals surface area contributed by atoms with Crippen molar-refractivity contribution in [3.8, 4) is 0 Å². The maximum Gasteiger partial charge on any atom is 0.0115 e. The van der Waals surface area contributed by atoms with Crippen LogP contribution in [-0.4, -0.2) is 12.1 Å². The SMILES string of the molecule is CCC(Cc1cccs1)NC(C)C. The molecule has 0 aliphatic rings. The van der Waals surface area contributed by atoms with E-state index in [0.717, 1.165) is 0 Å². The second-order valence-corrected chi connectivity index (χ2v) is 4.74. The van der Waals surface area contributed by atoms with E-state index >= 15 is 0 Å². The van der Waals surface area contributed by atoms with Crippen molar-refractivity contribution in [1.82, 2.24) is 5.32 Å². The zero-order chi connectivity index (χ0) is 9.68. The monoisotopic (exact) mass is 197 g/mol. The van der Waals surface area contributed by atoms with Crippen molar-refractivity contribution < 1.29 is 0 Å². The lowest BCUT2D eigenvalue weighted by molar-refractivity contribution is 0.451. The van der Waals surface area contributed by atoms with Gasteiger partial charge in [0.15, 0.2) is 0 Å². The lowest BCUT2D eigenvalue weighted by atomic mass is 10.1. The Hall–Kier alpha value is -0.340. The fourth-order valence-electron chi connectivity index (χ4n) is 1.46. The van der Waals surface area contributed by atoms with Crippen LogP contribution in [0.1, 0.15) is 32.1 Å². The molecule has 0 saturated carbocycles. The average molecular weight is 197 g/mol. The standard InChI is InChI=1S/C11H19NS/c1-4-10(12-9(2)3)8-11-6-5-7-13-11/h5-7,9-10,12H,4,8H2,1-3H3. The first-order valence-electron chi connectivity index (χ1n) is 5.00. The smallest absolute Gasteiger partial charge is 0.0115 e. The summed E-state index contributed by atoms with van der Waals surface area (Å²) < 4.78 is 0. The van der Waals surface area contributed by atoms with E-state index in [9.17, 15) is 0 Å². The molecule has 1 aromatic heterocycles. The second kappa shape index (κ2) is 5.40. The molecule has 2 heteroatoms. The van der Waals surface area contributed by atoms with Crippen LogP contribution in [0.5, 0.6) is 0 Å². The maximum absolute atomic E-state index is 3.57. The van der Waals surface area contributed by atoms with E-state index in [0.29, 0.717) is 12.1 Å². The van der Waals surface area contributed by atoms with E-state index in [-0.39, 0.29) is 0 Å². The Labute approximate surface area is 85.2 Å². The largest absolute Gasteiger partial charge is 0.311 e. The van der Waals surface area contributed by atoms with Crippen molar-refractivity contribution in [3.05, 3.63) is 22.4 Å². The molecule has 0 aromatic carbocycles. The van der Waals surface area contributed by atoms with Gasteiger partial charge in [0, 0.05) is 17.0 Å². The zero-order valence-corrected chi connectivity index (χ0v) is 9.53. The molecule has 0 aliphatic carbocycles. The molecule has 1 aromatic rings. The van der Waals surface area contributed by atoms with Crippen LogP contribution in [-0.2, 0) is 6.42 Å². The summed E-state index contributed by atoms with van der Waals surface area (Å²) in [7, 11) is 0. The van der Waals surface area contributed by atoms with Gasteiger partial charge in [-0.15, -0.1) is 11.3 Å². The molecule has 0 spiro atoms. The Bertz CT molecular complexity index is 216. The average Bonchev–Trinajstić information content (AvgIpc) is 2.55. The molecule has 1 unspecified atom stereocenters. The first-order valence-corrected chi connectivity index (χ1v) is 5.88. The molecule has 1 N–H and O–H groups in total. The topological polar surface area (TPSA) is 12.0 Å². The van der Waals surface area contributed by atoms with E-state index in [2.05, 4.69) is 43.6 Å². The van der Waals surface area contributed by atoms with Gasteiger partial charge in [-0.3, -0.25) is 0 Å². The van der Waals surface area contributed by atoms with Crippen LogP contribution >= 0.6 is 11.3 Å². The van der Waals surface area contributed by atoms with Gasteiger partial charge in [0.2, 0.25) is 0 Å². The number of rotatable bonds is 5. The van der Waals surface area contributed by atoms with E-state index in [1.54, 1.807) is 0 Å². The molecular weight excluding hydrogens is 178 g/mol. The van der Waals surface area contributed by atoms with Crippen LogP contribution < -0.4 is 5.32 Å². The molecule has 74 valence electrons. The third-order valence-corrected chi connectivity index (χ3v) is 2.99. The fraction of sp³-hybridized carbons (Fsp3) is 0.636. The Balaban J connectivity index is 2.40. The first-order chi connectivity index (χ1) is 6.22. The maximum atomic E-state index is 3.57. The van der Waals surface area contributed by atoms with Gasteiger partial charge in [0.1, 0.15) is 0 Å². The molecule has 0 amide bonds. The lowest BCUT2D eigenvalue weighted by Crippen LogP contribution is -2.35. The van der Waals surface area contributed by atoms with Gasteiger partial charge >= 0.3 is 0 Å². The molecule has 1 atom stereocenters. The van der Waals surface area contributed by atoms with Gasteiger partial charge in [-0.2, -0.15) is 0 Å². The Morgan fingerprint density at radius 1 is 1.46 bits per heavy atom. The van der Waals surface area contributed by atoms with Crippen LogP contribution in [0.25, 0.3) is 0 Å². The van der Waals surface area contributed by atoms with Crippen molar-refractivity contribution in [3.63, 3.8) is 0 Å². The molecule has 1 heterocycles. The van der Waals surface area contributed by atoms with Gasteiger partial charge in [-0.25, -0.2) is 0 Å². The Morgan fingerprint density at radius 2 is 2.23 bits per heavy atom. The second-order valence-electron chi connectivity index (χ2n) is 3.71. The lowest BCUT2D eigenvalue weighted by Gasteiger charge is -2.18. The van der Waals surface area contributed by atoms with Crippen LogP contribution in [0.15, 0.2) is 17.5 Å². The van der Waals surface area contributed by atoms with E-state index in [1.165, 1.54) is 17.7 Å². The van der Waals surface area contributed by atoms with Crippen LogP contribution in [0, 0.1) is 0 Å². The molecule has 0 saturated heterocycles. The zero-order valence-electron chi connectivity index (χ0n) is 8.71. The molecule has 0 aliphatic heterocycles. The normalized spacial score (nSPS) is 13.5. The highest BCUT2D eigenvalue weighted by Gasteiger charge is 2.08. The number of thiophene rings is 1. The number of hydrogen-bond donors (Lipinski definition) is 1. The summed E-state index contributed by atoms with van der Waals surface area (Å²) in [5.74, 6) is 0. The van der Waals surface area contributed by atoms with Crippen LogP contribution in [0.2, 0.25) is 0 Å². The molecule has 0 radical (unpaired) electrons. The highest BCUT2D eigenvalue weighted by molar-refractivity contribution is 7.09. The summed E-state index contributed by atoms with van der Waals surface area (Å²) in [5.41, 5.74) is 0. The van der Waals surface area contributed by atoms with Crippen molar-refractivity contribution in [1.29, 1.82) is 0 Å². The van der Waals surface area contributed by atoms with Crippen molar-refractivity contribution in [2.45, 2.75) is 45.7 Å².